The number of carbonyl (C=O) groups excluding carboxylic acids is 2. The number of alkyl halides is 3. The van der Waals surface area contributed by atoms with Gasteiger partial charge < -0.3 is 20.5 Å². The molecule has 9 nitrogen and oxygen atoms in total. The average molecular weight is 516 g/mol. The molecule has 2 aliphatic heterocycles. The van der Waals surface area contributed by atoms with Gasteiger partial charge in [-0.1, -0.05) is 0 Å². The van der Waals surface area contributed by atoms with E-state index in [9.17, 15) is 27.2 Å². The summed E-state index contributed by atoms with van der Waals surface area (Å²) in [7, 11) is 0. The minimum absolute atomic E-state index is 0.0338. The first-order chi connectivity index (χ1) is 16.6. The highest BCUT2D eigenvalue weighted by Gasteiger charge is 2.47. The Bertz CT molecular complexity index is 1040. The lowest BCUT2D eigenvalue weighted by atomic mass is 9.96. The first-order valence-electron chi connectivity index (χ1n) is 11.3. The molecule has 2 unspecified atom stereocenters. The molecule has 1 saturated heterocycles. The number of carbonyl (C=O) groups is 3. The Balaban J connectivity index is 0.000000454. The van der Waals surface area contributed by atoms with Crippen LogP contribution in [0.15, 0.2) is 18.2 Å². The van der Waals surface area contributed by atoms with E-state index in [4.69, 9.17) is 20.0 Å². The molecule has 0 radical (unpaired) electrons. The molecule has 4 atom stereocenters. The fourth-order valence-corrected chi connectivity index (χ4v) is 4.27. The molecule has 198 valence electrons. The Hall–Kier alpha value is -3.38. The number of nitrogens with zero attached hydrogens (tertiary/aromatic N) is 1. The molecular weight excluding hydrogens is 488 g/mol. The van der Waals surface area contributed by atoms with Crippen molar-refractivity contribution < 1.29 is 41.8 Å². The SMILES string of the molecule is CC1CC(NC(=O)[C@@H]2C[C@H]2CN2C(=N)NC(C)(C)CC2=O)c2cc(F)ccc2O1.O=C(O)C(F)(F)F. The molecule has 2 heterocycles. The van der Waals surface area contributed by atoms with Gasteiger partial charge in [-0.05, 0) is 51.3 Å². The fraction of sp³-hybridized carbons (Fsp3) is 0.565. The van der Waals surface area contributed by atoms with Gasteiger partial charge in [-0.2, -0.15) is 13.2 Å². The first-order valence-corrected chi connectivity index (χ1v) is 11.3. The Morgan fingerprint density at radius 2 is 1.94 bits per heavy atom. The number of hydrogen-bond donors (Lipinski definition) is 4. The van der Waals surface area contributed by atoms with E-state index in [1.54, 1.807) is 6.07 Å². The number of rotatable bonds is 4. The monoisotopic (exact) mass is 516 g/mol. The minimum atomic E-state index is -5.08. The van der Waals surface area contributed by atoms with Crippen LogP contribution in [0, 0.1) is 23.1 Å². The molecule has 1 aromatic rings. The Kier molecular flexibility index (Phi) is 7.51. The van der Waals surface area contributed by atoms with Gasteiger partial charge in [0.05, 0.1) is 12.1 Å². The number of nitrogens with one attached hydrogen (secondary N) is 3. The zero-order valence-electron chi connectivity index (χ0n) is 19.9. The second kappa shape index (κ2) is 9.94. The van der Waals surface area contributed by atoms with Crippen LogP contribution in [0.3, 0.4) is 0 Å². The summed E-state index contributed by atoms with van der Waals surface area (Å²) in [5, 5.41) is 21.3. The third-order valence-electron chi connectivity index (χ3n) is 6.10. The van der Waals surface area contributed by atoms with Crippen molar-refractivity contribution in [2.24, 2.45) is 11.8 Å². The molecule has 1 aromatic carbocycles. The van der Waals surface area contributed by atoms with Gasteiger partial charge in [-0.25, -0.2) is 9.18 Å². The number of guanidine groups is 1. The predicted molar refractivity (Wildman–Crippen MR) is 119 cm³/mol. The molecule has 2 amide bonds. The van der Waals surface area contributed by atoms with Crippen LogP contribution in [0.1, 0.15) is 51.6 Å². The van der Waals surface area contributed by atoms with E-state index >= 15 is 0 Å². The normalized spacial score (nSPS) is 26.5. The number of carboxylic acids is 1. The number of ether oxygens (including phenoxy) is 1. The molecule has 1 saturated carbocycles. The summed E-state index contributed by atoms with van der Waals surface area (Å²) in [4.78, 5) is 35.5. The van der Waals surface area contributed by atoms with Crippen molar-refractivity contribution in [3.63, 3.8) is 0 Å². The number of halogens is 4. The molecular formula is C23H28F4N4O5. The number of benzene rings is 1. The molecule has 4 N–H and O–H groups in total. The van der Waals surface area contributed by atoms with Gasteiger partial charge in [0.2, 0.25) is 11.8 Å². The highest BCUT2D eigenvalue weighted by atomic mass is 19.4. The van der Waals surface area contributed by atoms with E-state index < -0.39 is 17.7 Å². The topological polar surface area (TPSA) is 132 Å². The molecule has 3 aliphatic rings. The van der Waals surface area contributed by atoms with E-state index in [0.717, 1.165) is 0 Å². The molecule has 2 fully saturated rings. The molecule has 0 bridgehead atoms. The molecule has 1 aliphatic carbocycles. The summed E-state index contributed by atoms with van der Waals surface area (Å²) in [6.07, 6.45) is -3.58. The second-order valence-corrected chi connectivity index (χ2v) is 9.85. The third-order valence-corrected chi connectivity index (χ3v) is 6.10. The van der Waals surface area contributed by atoms with E-state index in [-0.39, 0.29) is 47.6 Å². The molecule has 4 rings (SSSR count). The summed E-state index contributed by atoms with van der Waals surface area (Å²) in [5.74, 6) is -2.76. The van der Waals surface area contributed by atoms with E-state index in [1.165, 1.54) is 17.0 Å². The van der Waals surface area contributed by atoms with Crippen LogP contribution in [0.25, 0.3) is 0 Å². The lowest BCUT2D eigenvalue weighted by Crippen LogP contribution is -2.60. The summed E-state index contributed by atoms with van der Waals surface area (Å²) in [5.41, 5.74) is 0.237. The van der Waals surface area contributed by atoms with Gasteiger partial charge in [-0.15, -0.1) is 0 Å². The third kappa shape index (κ3) is 6.64. The smallest absolute Gasteiger partial charge is 0.490 e. The highest BCUT2D eigenvalue weighted by molar-refractivity contribution is 5.99. The fourth-order valence-electron chi connectivity index (χ4n) is 4.27. The van der Waals surface area contributed by atoms with Crippen molar-refractivity contribution in [1.29, 1.82) is 5.41 Å². The average Bonchev–Trinajstić information content (AvgIpc) is 3.50. The minimum Gasteiger partial charge on any atom is -0.490 e. The summed E-state index contributed by atoms with van der Waals surface area (Å²) >= 11 is 0. The quantitative estimate of drug-likeness (QED) is 0.455. The van der Waals surface area contributed by atoms with Gasteiger partial charge in [0.1, 0.15) is 11.6 Å². The lowest BCUT2D eigenvalue weighted by Gasteiger charge is -2.38. The largest absolute Gasteiger partial charge is 0.490 e. The lowest BCUT2D eigenvalue weighted by molar-refractivity contribution is -0.192. The van der Waals surface area contributed by atoms with Gasteiger partial charge in [0.15, 0.2) is 5.96 Å². The Morgan fingerprint density at radius 1 is 1.31 bits per heavy atom. The molecule has 0 spiro atoms. The summed E-state index contributed by atoms with van der Waals surface area (Å²) < 4.78 is 51.2. The van der Waals surface area contributed by atoms with Gasteiger partial charge >= 0.3 is 12.1 Å². The van der Waals surface area contributed by atoms with Crippen LogP contribution in [0.5, 0.6) is 5.75 Å². The zero-order chi connectivity index (χ0) is 27.0. The highest BCUT2D eigenvalue weighted by Crippen LogP contribution is 2.42. The first kappa shape index (κ1) is 27.2. The van der Waals surface area contributed by atoms with Crippen LogP contribution in [-0.2, 0) is 14.4 Å². The van der Waals surface area contributed by atoms with Crippen molar-refractivity contribution in [3.8, 4) is 5.75 Å². The summed E-state index contributed by atoms with van der Waals surface area (Å²) in [6.45, 7) is 6.07. The number of carboxylic acid groups (broad SMARTS) is 1. The van der Waals surface area contributed by atoms with Crippen molar-refractivity contribution >= 4 is 23.7 Å². The van der Waals surface area contributed by atoms with Crippen molar-refractivity contribution in [2.75, 3.05) is 6.54 Å². The van der Waals surface area contributed by atoms with E-state index in [1.807, 2.05) is 20.8 Å². The van der Waals surface area contributed by atoms with Crippen LogP contribution < -0.4 is 15.4 Å². The molecule has 0 aromatic heterocycles. The van der Waals surface area contributed by atoms with Gasteiger partial charge in [0, 0.05) is 36.4 Å². The van der Waals surface area contributed by atoms with Crippen LogP contribution in [0.2, 0.25) is 0 Å². The Labute approximate surface area is 204 Å². The van der Waals surface area contributed by atoms with Crippen LogP contribution >= 0.6 is 0 Å². The van der Waals surface area contributed by atoms with E-state index in [0.29, 0.717) is 37.1 Å². The van der Waals surface area contributed by atoms with Crippen molar-refractivity contribution in [3.05, 3.63) is 29.6 Å². The maximum absolute atomic E-state index is 13.7. The number of aliphatic carboxylic acids is 1. The number of amides is 2. The van der Waals surface area contributed by atoms with E-state index in [2.05, 4.69) is 10.6 Å². The van der Waals surface area contributed by atoms with Crippen molar-refractivity contribution in [1.82, 2.24) is 15.5 Å². The maximum atomic E-state index is 13.7. The standard InChI is InChI=1S/C21H27FN4O3.C2HF3O2/c1-11-6-16(15-8-13(22)4-5-17(15)29-11)24-19(28)14-7-12(14)10-26-18(27)9-21(2,3)25-20(26)23;3-2(4,5)1(6)7/h4-5,8,11-12,14,16H,6-7,9-10H2,1-3H3,(H2,23,25)(H,24,28);(H,6,7)/t11?,12-,14+,16?;/m0./s1. The maximum Gasteiger partial charge on any atom is 0.490 e. The Morgan fingerprint density at radius 3 is 2.53 bits per heavy atom. The molecule has 36 heavy (non-hydrogen) atoms. The van der Waals surface area contributed by atoms with Crippen LogP contribution in [-0.4, -0.2) is 58.1 Å². The summed E-state index contributed by atoms with van der Waals surface area (Å²) in [6, 6.07) is 4.07. The van der Waals surface area contributed by atoms with Crippen molar-refractivity contribution in [2.45, 2.75) is 63.9 Å². The zero-order valence-corrected chi connectivity index (χ0v) is 19.9. The van der Waals surface area contributed by atoms with Gasteiger partial charge in [0.25, 0.3) is 0 Å². The second-order valence-electron chi connectivity index (χ2n) is 9.85. The van der Waals surface area contributed by atoms with Gasteiger partial charge in [-0.3, -0.25) is 19.9 Å². The molecule has 13 heteroatoms. The predicted octanol–water partition coefficient (Wildman–Crippen LogP) is 2.96. The number of fused-ring (bicyclic) bond motifs is 1. The van der Waals surface area contributed by atoms with Crippen LogP contribution in [0.4, 0.5) is 17.6 Å². The number of hydrogen-bond acceptors (Lipinski definition) is 5.